The normalized spacial score (nSPS) is 11.2. The molecule has 0 aliphatic heterocycles. The number of halogens is 2. The van der Waals surface area contributed by atoms with Crippen LogP contribution in [0, 0.1) is 17.6 Å². The van der Waals surface area contributed by atoms with Gasteiger partial charge >= 0.3 is 0 Å². The third-order valence-corrected chi connectivity index (χ3v) is 2.67. The van der Waals surface area contributed by atoms with Gasteiger partial charge in [0, 0.05) is 19.7 Å². The zero-order valence-electron chi connectivity index (χ0n) is 11.4. The molecule has 0 fully saturated rings. The van der Waals surface area contributed by atoms with Crippen molar-refractivity contribution in [1.82, 2.24) is 5.32 Å². The lowest BCUT2D eigenvalue weighted by molar-refractivity contribution is 0.125. The molecule has 0 radical (unpaired) electrons. The molecule has 3 nitrogen and oxygen atoms in total. The average molecular weight is 273 g/mol. The van der Waals surface area contributed by atoms with Gasteiger partial charge in [0.05, 0.1) is 6.61 Å². The van der Waals surface area contributed by atoms with Gasteiger partial charge in [0.2, 0.25) is 0 Å². The van der Waals surface area contributed by atoms with Gasteiger partial charge in [-0.1, -0.05) is 13.8 Å². The maximum Gasteiger partial charge on any atom is 0.187 e. The minimum Gasteiger partial charge on any atom is -0.503 e. The number of ether oxygens (including phenoxy) is 1. The summed E-state index contributed by atoms with van der Waals surface area (Å²) in [5.41, 5.74) is 0.454. The Morgan fingerprint density at radius 2 is 1.84 bits per heavy atom. The molecule has 19 heavy (non-hydrogen) atoms. The van der Waals surface area contributed by atoms with Crippen LogP contribution in [0.25, 0.3) is 0 Å². The molecule has 2 N–H and O–H groups in total. The van der Waals surface area contributed by atoms with Crippen LogP contribution in [0.15, 0.2) is 12.1 Å². The highest BCUT2D eigenvalue weighted by Crippen LogP contribution is 2.21. The second kappa shape index (κ2) is 8.07. The largest absolute Gasteiger partial charge is 0.503 e. The first-order valence-electron chi connectivity index (χ1n) is 6.46. The highest BCUT2D eigenvalue weighted by molar-refractivity contribution is 5.29. The Labute approximate surface area is 112 Å². The number of phenols is 1. The van der Waals surface area contributed by atoms with Crippen LogP contribution in [0.1, 0.15) is 25.8 Å². The van der Waals surface area contributed by atoms with Gasteiger partial charge in [-0.2, -0.15) is 0 Å². The van der Waals surface area contributed by atoms with Crippen molar-refractivity contribution in [3.63, 3.8) is 0 Å². The number of aromatic hydroxyl groups is 1. The molecule has 0 unspecified atom stereocenters. The standard InChI is InChI=1S/C14H21F2NO2/c1-10(2)3-5-19-6-4-17-9-11-7-12(15)14(18)13(16)8-11/h7-8,10,17-18H,3-6,9H2,1-2H3. The first-order valence-corrected chi connectivity index (χ1v) is 6.46. The lowest BCUT2D eigenvalue weighted by Crippen LogP contribution is -2.20. The Morgan fingerprint density at radius 3 is 2.42 bits per heavy atom. The van der Waals surface area contributed by atoms with E-state index in [1.807, 2.05) is 0 Å². The number of hydrogen-bond acceptors (Lipinski definition) is 3. The Morgan fingerprint density at radius 1 is 1.21 bits per heavy atom. The predicted molar refractivity (Wildman–Crippen MR) is 70.0 cm³/mol. The topological polar surface area (TPSA) is 41.5 Å². The average Bonchev–Trinajstić information content (AvgIpc) is 2.34. The van der Waals surface area contributed by atoms with Crippen molar-refractivity contribution in [1.29, 1.82) is 0 Å². The van der Waals surface area contributed by atoms with Gasteiger partial charge in [0.25, 0.3) is 0 Å². The van der Waals surface area contributed by atoms with E-state index in [0.717, 1.165) is 25.2 Å². The number of nitrogens with one attached hydrogen (secondary N) is 1. The van der Waals surface area contributed by atoms with Crippen LogP contribution in [0.3, 0.4) is 0 Å². The Kier molecular flexibility index (Phi) is 6.73. The molecule has 0 heterocycles. The molecule has 108 valence electrons. The van der Waals surface area contributed by atoms with Gasteiger partial charge in [-0.25, -0.2) is 8.78 Å². The summed E-state index contributed by atoms with van der Waals surface area (Å²) < 4.78 is 31.5. The van der Waals surface area contributed by atoms with Crippen LogP contribution in [0.4, 0.5) is 8.78 Å². The molecule has 0 aromatic heterocycles. The fourth-order valence-electron chi connectivity index (χ4n) is 1.52. The van der Waals surface area contributed by atoms with Crippen LogP contribution < -0.4 is 5.32 Å². The maximum atomic E-state index is 13.0. The van der Waals surface area contributed by atoms with E-state index in [4.69, 9.17) is 9.84 Å². The van der Waals surface area contributed by atoms with E-state index in [1.54, 1.807) is 0 Å². The molecule has 0 atom stereocenters. The van der Waals surface area contributed by atoms with E-state index in [-0.39, 0.29) is 0 Å². The van der Waals surface area contributed by atoms with Crippen LogP contribution >= 0.6 is 0 Å². The number of phenolic OH excluding ortho intramolecular Hbond substituents is 1. The molecule has 0 saturated heterocycles. The Bertz CT molecular complexity index is 374. The first kappa shape index (κ1) is 15.9. The third-order valence-electron chi connectivity index (χ3n) is 2.67. The molecule has 0 aliphatic rings. The first-order chi connectivity index (χ1) is 9.00. The highest BCUT2D eigenvalue weighted by atomic mass is 19.1. The molecule has 1 rings (SSSR count). The molecule has 0 amide bonds. The van der Waals surface area contributed by atoms with Crippen LogP contribution in [0.2, 0.25) is 0 Å². The Hall–Kier alpha value is -1.20. The second-order valence-corrected chi connectivity index (χ2v) is 4.88. The summed E-state index contributed by atoms with van der Waals surface area (Å²) in [4.78, 5) is 0. The summed E-state index contributed by atoms with van der Waals surface area (Å²) in [5, 5.41) is 12.0. The molecule has 1 aromatic rings. The number of benzene rings is 1. The summed E-state index contributed by atoms with van der Waals surface area (Å²) >= 11 is 0. The van der Waals surface area contributed by atoms with Gasteiger partial charge in [-0.05, 0) is 30.0 Å². The van der Waals surface area contributed by atoms with E-state index in [9.17, 15) is 8.78 Å². The third kappa shape index (κ3) is 5.98. The van der Waals surface area contributed by atoms with Gasteiger partial charge in [0.15, 0.2) is 17.4 Å². The second-order valence-electron chi connectivity index (χ2n) is 4.88. The quantitative estimate of drug-likeness (QED) is 0.716. The minimum absolute atomic E-state index is 0.335. The summed E-state index contributed by atoms with van der Waals surface area (Å²) in [5.74, 6) is -2.19. The van der Waals surface area contributed by atoms with Gasteiger partial charge in [-0.3, -0.25) is 0 Å². The molecular weight excluding hydrogens is 252 g/mol. The van der Waals surface area contributed by atoms with Crippen molar-refractivity contribution < 1.29 is 18.6 Å². The smallest absolute Gasteiger partial charge is 0.187 e. The van der Waals surface area contributed by atoms with Crippen LogP contribution in [-0.2, 0) is 11.3 Å². The van der Waals surface area contributed by atoms with Crippen molar-refractivity contribution >= 4 is 0 Å². The lowest BCUT2D eigenvalue weighted by atomic mass is 10.1. The van der Waals surface area contributed by atoms with Crippen LogP contribution in [0.5, 0.6) is 5.75 Å². The highest BCUT2D eigenvalue weighted by Gasteiger charge is 2.08. The minimum atomic E-state index is -0.940. The maximum absolute atomic E-state index is 13.0. The summed E-state index contributed by atoms with van der Waals surface area (Å²) in [6.45, 7) is 6.51. The van der Waals surface area contributed by atoms with Crippen molar-refractivity contribution in [3.8, 4) is 5.75 Å². The molecule has 0 aliphatic carbocycles. The van der Waals surface area contributed by atoms with E-state index in [0.29, 0.717) is 31.2 Å². The van der Waals surface area contributed by atoms with E-state index < -0.39 is 17.4 Å². The molecule has 0 bridgehead atoms. The lowest BCUT2D eigenvalue weighted by Gasteiger charge is -2.08. The summed E-state index contributed by atoms with van der Waals surface area (Å²) in [7, 11) is 0. The molecular formula is C14H21F2NO2. The van der Waals surface area contributed by atoms with Gasteiger partial charge in [-0.15, -0.1) is 0 Å². The molecule has 1 aromatic carbocycles. The SMILES string of the molecule is CC(C)CCOCCNCc1cc(F)c(O)c(F)c1. The molecule has 5 heteroatoms. The summed E-state index contributed by atoms with van der Waals surface area (Å²) in [6.07, 6.45) is 1.02. The number of hydrogen-bond donors (Lipinski definition) is 2. The molecule has 0 spiro atoms. The summed E-state index contributed by atoms with van der Waals surface area (Å²) in [6, 6.07) is 2.23. The Balaban J connectivity index is 2.19. The number of rotatable bonds is 8. The monoisotopic (exact) mass is 273 g/mol. The van der Waals surface area contributed by atoms with Crippen LogP contribution in [-0.4, -0.2) is 24.9 Å². The van der Waals surface area contributed by atoms with E-state index >= 15 is 0 Å². The van der Waals surface area contributed by atoms with Crippen molar-refractivity contribution in [3.05, 3.63) is 29.3 Å². The van der Waals surface area contributed by atoms with E-state index in [1.165, 1.54) is 0 Å². The zero-order valence-corrected chi connectivity index (χ0v) is 11.4. The van der Waals surface area contributed by atoms with Gasteiger partial charge < -0.3 is 15.2 Å². The predicted octanol–water partition coefficient (Wildman–Crippen LogP) is 2.82. The van der Waals surface area contributed by atoms with Crippen molar-refractivity contribution in [2.24, 2.45) is 5.92 Å². The van der Waals surface area contributed by atoms with E-state index in [2.05, 4.69) is 19.2 Å². The van der Waals surface area contributed by atoms with Crippen molar-refractivity contribution in [2.45, 2.75) is 26.8 Å². The van der Waals surface area contributed by atoms with Gasteiger partial charge in [0.1, 0.15) is 0 Å². The molecule has 0 saturated carbocycles. The van der Waals surface area contributed by atoms with Crippen molar-refractivity contribution in [2.75, 3.05) is 19.8 Å². The fourth-order valence-corrected chi connectivity index (χ4v) is 1.52. The fraction of sp³-hybridized carbons (Fsp3) is 0.571. The zero-order chi connectivity index (χ0) is 14.3.